The number of aryl methyl sites for hydroxylation is 1. The predicted molar refractivity (Wildman–Crippen MR) is 99.4 cm³/mol. The number of hydrogen-bond donors (Lipinski definition) is 2. The molecule has 8 heteroatoms. The number of fused-ring (bicyclic) bond motifs is 1. The predicted octanol–water partition coefficient (Wildman–Crippen LogP) is 2.97. The van der Waals surface area contributed by atoms with Gasteiger partial charge in [0.2, 0.25) is 5.91 Å². The minimum atomic E-state index is -0.177. The molecule has 0 saturated heterocycles. The molecule has 3 aromatic rings. The molecule has 3 heterocycles. The number of carbonyl (C=O) groups is 2. The fourth-order valence-electron chi connectivity index (χ4n) is 2.64. The quantitative estimate of drug-likeness (QED) is 0.725. The van der Waals surface area contributed by atoms with Crippen LogP contribution in [-0.4, -0.2) is 28.0 Å². The lowest BCUT2D eigenvalue weighted by Crippen LogP contribution is -2.25. The molecule has 2 amide bonds. The lowest BCUT2D eigenvalue weighted by atomic mass is 10.1. The monoisotopic (exact) mass is 368 g/mol. The Kier molecular flexibility index (Phi) is 4.40. The molecule has 0 radical (unpaired) electrons. The average molecular weight is 368 g/mol. The maximum absolute atomic E-state index is 12.1. The van der Waals surface area contributed by atoms with Crippen molar-refractivity contribution in [2.45, 2.75) is 13.0 Å². The number of rotatable bonds is 5. The summed E-state index contributed by atoms with van der Waals surface area (Å²) >= 11 is 1.37. The van der Waals surface area contributed by atoms with Crippen LogP contribution in [0.1, 0.15) is 6.42 Å². The molecule has 0 atom stereocenters. The normalized spacial score (nSPS) is 12.8. The number of amides is 2. The largest absolute Gasteiger partial charge is 0.482 e. The summed E-state index contributed by atoms with van der Waals surface area (Å²) in [5.41, 5.74) is 2.21. The van der Waals surface area contributed by atoms with Crippen LogP contribution in [0.2, 0.25) is 0 Å². The third kappa shape index (κ3) is 3.60. The van der Waals surface area contributed by atoms with Crippen molar-refractivity contribution in [3.63, 3.8) is 0 Å². The van der Waals surface area contributed by atoms with E-state index in [1.807, 2.05) is 46.6 Å². The summed E-state index contributed by atoms with van der Waals surface area (Å²) in [6.07, 6.45) is 4.23. The van der Waals surface area contributed by atoms with Gasteiger partial charge in [0, 0.05) is 36.3 Å². The number of benzene rings is 1. The highest BCUT2D eigenvalue weighted by Gasteiger charge is 2.17. The summed E-state index contributed by atoms with van der Waals surface area (Å²) in [6.45, 7) is 0.657. The Morgan fingerprint density at radius 1 is 1.35 bits per heavy atom. The maximum atomic E-state index is 12.1. The molecule has 4 rings (SSSR count). The van der Waals surface area contributed by atoms with Crippen LogP contribution < -0.4 is 15.4 Å². The zero-order chi connectivity index (χ0) is 17.9. The molecule has 0 spiro atoms. The van der Waals surface area contributed by atoms with E-state index in [-0.39, 0.29) is 18.4 Å². The first-order chi connectivity index (χ1) is 12.7. The van der Waals surface area contributed by atoms with E-state index in [2.05, 4.69) is 15.6 Å². The van der Waals surface area contributed by atoms with Gasteiger partial charge in [0.05, 0.1) is 11.4 Å². The first kappa shape index (κ1) is 16.3. The standard InChI is InChI=1S/C18H16N4O3S/c23-16(5-8-22-6-1-2-7-22)21-18-20-14(11-26-18)12-3-4-15-13(9-12)19-17(24)10-25-15/h1-4,6-7,9,11H,5,8,10H2,(H,19,24)(H,20,21,23). The number of anilines is 2. The molecule has 0 aliphatic carbocycles. The van der Waals surface area contributed by atoms with E-state index in [4.69, 9.17) is 4.74 Å². The molecular weight excluding hydrogens is 352 g/mol. The molecule has 132 valence electrons. The van der Waals surface area contributed by atoms with Crippen molar-refractivity contribution in [1.82, 2.24) is 9.55 Å². The van der Waals surface area contributed by atoms with Crippen molar-refractivity contribution < 1.29 is 14.3 Å². The van der Waals surface area contributed by atoms with Crippen LogP contribution in [0.5, 0.6) is 5.75 Å². The molecule has 0 bridgehead atoms. The second-order valence-electron chi connectivity index (χ2n) is 5.80. The van der Waals surface area contributed by atoms with E-state index in [1.165, 1.54) is 11.3 Å². The van der Waals surface area contributed by atoms with Gasteiger partial charge in [-0.15, -0.1) is 11.3 Å². The molecule has 1 aliphatic heterocycles. The number of aromatic nitrogens is 2. The maximum Gasteiger partial charge on any atom is 0.262 e. The number of carbonyl (C=O) groups excluding carboxylic acids is 2. The molecule has 1 aliphatic rings. The summed E-state index contributed by atoms with van der Waals surface area (Å²) in [6, 6.07) is 9.36. The van der Waals surface area contributed by atoms with Gasteiger partial charge >= 0.3 is 0 Å². The average Bonchev–Trinajstić information content (AvgIpc) is 3.31. The van der Waals surface area contributed by atoms with Crippen LogP contribution in [0.4, 0.5) is 10.8 Å². The van der Waals surface area contributed by atoms with Crippen molar-refractivity contribution in [2.75, 3.05) is 17.2 Å². The Hall–Kier alpha value is -3.13. The Morgan fingerprint density at radius 2 is 2.19 bits per heavy atom. The number of nitrogens with one attached hydrogen (secondary N) is 2. The van der Waals surface area contributed by atoms with Gasteiger partial charge < -0.3 is 19.9 Å². The Morgan fingerprint density at radius 3 is 3.04 bits per heavy atom. The van der Waals surface area contributed by atoms with Crippen LogP contribution in [0.3, 0.4) is 0 Å². The van der Waals surface area contributed by atoms with E-state index in [0.29, 0.717) is 29.5 Å². The van der Waals surface area contributed by atoms with Crippen molar-refractivity contribution in [1.29, 1.82) is 0 Å². The third-order valence-electron chi connectivity index (χ3n) is 3.92. The van der Waals surface area contributed by atoms with Crippen molar-refractivity contribution in [2.24, 2.45) is 0 Å². The highest BCUT2D eigenvalue weighted by Crippen LogP contribution is 2.33. The van der Waals surface area contributed by atoms with Gasteiger partial charge in [-0.1, -0.05) is 0 Å². The second kappa shape index (κ2) is 7.01. The van der Waals surface area contributed by atoms with Gasteiger partial charge in [-0.3, -0.25) is 9.59 Å². The molecule has 0 unspecified atom stereocenters. The van der Waals surface area contributed by atoms with E-state index < -0.39 is 0 Å². The SMILES string of the molecule is O=C(CCn1cccc1)Nc1nc(-c2ccc3c(c2)NC(=O)CO3)cs1. The number of nitrogens with zero attached hydrogens (tertiary/aromatic N) is 2. The zero-order valence-corrected chi connectivity index (χ0v) is 14.6. The van der Waals surface area contributed by atoms with E-state index in [1.54, 1.807) is 6.07 Å². The van der Waals surface area contributed by atoms with Crippen LogP contribution in [0.25, 0.3) is 11.3 Å². The minimum absolute atomic E-state index is 0.0300. The minimum Gasteiger partial charge on any atom is -0.482 e. The Balaban J connectivity index is 1.42. The van der Waals surface area contributed by atoms with E-state index in [0.717, 1.165) is 11.3 Å². The number of hydrogen-bond acceptors (Lipinski definition) is 5. The lowest BCUT2D eigenvalue weighted by molar-refractivity contribution is -0.118. The van der Waals surface area contributed by atoms with Crippen molar-refractivity contribution in [3.05, 3.63) is 48.1 Å². The van der Waals surface area contributed by atoms with Gasteiger partial charge in [0.15, 0.2) is 11.7 Å². The molecule has 2 N–H and O–H groups in total. The number of ether oxygens (including phenoxy) is 1. The summed E-state index contributed by atoms with van der Waals surface area (Å²) in [5.74, 6) is 0.386. The van der Waals surface area contributed by atoms with Gasteiger partial charge in [0.25, 0.3) is 5.91 Å². The van der Waals surface area contributed by atoms with E-state index >= 15 is 0 Å². The highest BCUT2D eigenvalue weighted by molar-refractivity contribution is 7.14. The van der Waals surface area contributed by atoms with Crippen molar-refractivity contribution >= 4 is 34.0 Å². The summed E-state index contributed by atoms with van der Waals surface area (Å²) in [5, 5.41) is 8.02. The molecule has 7 nitrogen and oxygen atoms in total. The molecular formula is C18H16N4O3S. The fourth-order valence-corrected chi connectivity index (χ4v) is 3.37. The first-order valence-corrected chi connectivity index (χ1v) is 8.98. The first-order valence-electron chi connectivity index (χ1n) is 8.10. The summed E-state index contributed by atoms with van der Waals surface area (Å²) < 4.78 is 7.31. The number of thiazole rings is 1. The zero-order valence-electron chi connectivity index (χ0n) is 13.8. The smallest absolute Gasteiger partial charge is 0.262 e. The molecule has 0 fully saturated rings. The van der Waals surface area contributed by atoms with Gasteiger partial charge in [-0.25, -0.2) is 4.98 Å². The molecule has 2 aromatic heterocycles. The van der Waals surface area contributed by atoms with Crippen LogP contribution in [-0.2, 0) is 16.1 Å². The molecule has 1 aromatic carbocycles. The lowest BCUT2D eigenvalue weighted by Gasteiger charge is -2.18. The molecule has 26 heavy (non-hydrogen) atoms. The highest BCUT2D eigenvalue weighted by atomic mass is 32.1. The molecule has 0 saturated carbocycles. The van der Waals surface area contributed by atoms with Crippen LogP contribution >= 0.6 is 11.3 Å². The Labute approximate surface area is 153 Å². The third-order valence-corrected chi connectivity index (χ3v) is 4.68. The topological polar surface area (TPSA) is 85.3 Å². The fraction of sp³-hybridized carbons (Fsp3) is 0.167. The summed E-state index contributed by atoms with van der Waals surface area (Å²) in [7, 11) is 0. The summed E-state index contributed by atoms with van der Waals surface area (Å²) in [4.78, 5) is 28.0. The second-order valence-corrected chi connectivity index (χ2v) is 6.66. The van der Waals surface area contributed by atoms with E-state index in [9.17, 15) is 9.59 Å². The van der Waals surface area contributed by atoms with Gasteiger partial charge in [-0.05, 0) is 30.3 Å². The van der Waals surface area contributed by atoms with Crippen molar-refractivity contribution in [3.8, 4) is 17.0 Å². The van der Waals surface area contributed by atoms with Gasteiger partial charge in [0.1, 0.15) is 5.75 Å². The van der Waals surface area contributed by atoms with Crippen LogP contribution in [0, 0.1) is 0 Å². The van der Waals surface area contributed by atoms with Gasteiger partial charge in [-0.2, -0.15) is 0 Å². The Bertz CT molecular complexity index is 949. The van der Waals surface area contributed by atoms with Crippen LogP contribution in [0.15, 0.2) is 48.1 Å².